The van der Waals surface area contributed by atoms with Crippen LogP contribution in [0.25, 0.3) is 11.3 Å². The van der Waals surface area contributed by atoms with Gasteiger partial charge in [0.25, 0.3) is 5.56 Å². The highest BCUT2D eigenvalue weighted by Gasteiger charge is 2.20. The highest BCUT2D eigenvalue weighted by Crippen LogP contribution is 2.33. The summed E-state index contributed by atoms with van der Waals surface area (Å²) in [6.07, 6.45) is 1.70. The van der Waals surface area contributed by atoms with Crippen molar-refractivity contribution in [3.05, 3.63) is 78.0 Å². The van der Waals surface area contributed by atoms with Crippen LogP contribution < -0.4 is 10.3 Å². The SMILES string of the molecule is CSc1nc(-c2ccc(OCc3ccc(Cl)c(Cl)c3)c([N+](=O)[O-])c2)c(C#N)c(=O)[nH]1. The number of H-pyrrole nitrogens is 1. The predicted octanol–water partition coefficient (Wildman–Crippen LogP) is 4.82. The minimum Gasteiger partial charge on any atom is -0.482 e. The minimum atomic E-state index is -0.616. The van der Waals surface area contributed by atoms with Gasteiger partial charge in [0.2, 0.25) is 0 Å². The molecule has 1 aromatic heterocycles. The van der Waals surface area contributed by atoms with E-state index >= 15 is 0 Å². The summed E-state index contributed by atoms with van der Waals surface area (Å²) in [7, 11) is 0. The number of nitrogens with zero attached hydrogens (tertiary/aromatic N) is 3. The van der Waals surface area contributed by atoms with E-state index in [0.29, 0.717) is 15.6 Å². The van der Waals surface area contributed by atoms with E-state index in [1.54, 1.807) is 30.5 Å². The van der Waals surface area contributed by atoms with Crippen LogP contribution in [0.4, 0.5) is 5.69 Å². The van der Waals surface area contributed by atoms with Crippen molar-refractivity contribution in [2.24, 2.45) is 0 Å². The summed E-state index contributed by atoms with van der Waals surface area (Å²) in [5.41, 5.74) is -0.188. The molecule has 11 heteroatoms. The van der Waals surface area contributed by atoms with Gasteiger partial charge < -0.3 is 9.72 Å². The lowest BCUT2D eigenvalue weighted by atomic mass is 10.1. The van der Waals surface area contributed by atoms with E-state index in [-0.39, 0.29) is 40.0 Å². The van der Waals surface area contributed by atoms with Gasteiger partial charge in [-0.15, -0.1) is 0 Å². The maximum Gasteiger partial charge on any atom is 0.311 e. The van der Waals surface area contributed by atoms with Crippen LogP contribution in [0.15, 0.2) is 46.3 Å². The van der Waals surface area contributed by atoms with Crippen LogP contribution >= 0.6 is 35.0 Å². The van der Waals surface area contributed by atoms with Gasteiger partial charge in [-0.25, -0.2) is 4.98 Å². The van der Waals surface area contributed by atoms with Crippen LogP contribution in [0.2, 0.25) is 10.0 Å². The van der Waals surface area contributed by atoms with Crippen molar-refractivity contribution < 1.29 is 9.66 Å². The summed E-state index contributed by atoms with van der Waals surface area (Å²) in [6, 6.07) is 10.8. The summed E-state index contributed by atoms with van der Waals surface area (Å²) < 4.78 is 5.59. The number of thioether (sulfide) groups is 1. The first kappa shape index (κ1) is 21.6. The molecule has 3 rings (SSSR count). The number of rotatable bonds is 6. The van der Waals surface area contributed by atoms with Gasteiger partial charge in [-0.3, -0.25) is 14.9 Å². The monoisotopic (exact) mass is 462 g/mol. The molecule has 152 valence electrons. The molecule has 2 aromatic carbocycles. The second kappa shape index (κ2) is 9.17. The number of ether oxygens (including phenoxy) is 1. The Morgan fingerprint density at radius 3 is 2.67 bits per heavy atom. The van der Waals surface area contributed by atoms with Crippen molar-refractivity contribution in [2.75, 3.05) is 6.26 Å². The van der Waals surface area contributed by atoms with Gasteiger partial charge in [0, 0.05) is 11.6 Å². The van der Waals surface area contributed by atoms with E-state index in [9.17, 15) is 20.2 Å². The normalized spacial score (nSPS) is 10.5. The molecule has 0 bridgehead atoms. The highest BCUT2D eigenvalue weighted by atomic mass is 35.5. The first-order valence-corrected chi connectivity index (χ1v) is 10.3. The summed E-state index contributed by atoms with van der Waals surface area (Å²) in [5.74, 6) is 0.0169. The Hall–Kier alpha value is -3.06. The van der Waals surface area contributed by atoms with Crippen LogP contribution in [0.3, 0.4) is 0 Å². The summed E-state index contributed by atoms with van der Waals surface area (Å²) >= 11 is 13.0. The predicted molar refractivity (Wildman–Crippen MR) is 114 cm³/mol. The van der Waals surface area contributed by atoms with E-state index < -0.39 is 10.5 Å². The van der Waals surface area contributed by atoms with Crippen molar-refractivity contribution >= 4 is 40.7 Å². The third-order valence-electron chi connectivity index (χ3n) is 4.01. The number of hydrogen-bond acceptors (Lipinski definition) is 7. The zero-order valence-corrected chi connectivity index (χ0v) is 17.6. The molecule has 3 aromatic rings. The van der Waals surface area contributed by atoms with Crippen molar-refractivity contribution in [1.29, 1.82) is 5.26 Å². The molecule has 0 aliphatic heterocycles. The fourth-order valence-electron chi connectivity index (χ4n) is 2.58. The quantitative estimate of drug-likeness (QED) is 0.241. The average Bonchev–Trinajstić information content (AvgIpc) is 2.73. The van der Waals surface area contributed by atoms with E-state index in [4.69, 9.17) is 27.9 Å². The van der Waals surface area contributed by atoms with Gasteiger partial charge in [-0.2, -0.15) is 5.26 Å². The molecule has 0 fully saturated rings. The fraction of sp³-hybridized carbons (Fsp3) is 0.105. The van der Waals surface area contributed by atoms with E-state index in [1.807, 2.05) is 0 Å². The molecular weight excluding hydrogens is 451 g/mol. The zero-order valence-electron chi connectivity index (χ0n) is 15.3. The Labute approximate surface area is 184 Å². The Kier molecular flexibility index (Phi) is 6.62. The number of aromatic amines is 1. The second-order valence-electron chi connectivity index (χ2n) is 5.89. The summed E-state index contributed by atoms with van der Waals surface area (Å²) in [4.78, 5) is 29.8. The molecule has 0 saturated carbocycles. The minimum absolute atomic E-state index is 0.0169. The largest absolute Gasteiger partial charge is 0.482 e. The smallest absolute Gasteiger partial charge is 0.311 e. The van der Waals surface area contributed by atoms with Gasteiger partial charge in [-0.05, 0) is 36.1 Å². The maximum absolute atomic E-state index is 12.1. The third-order valence-corrected chi connectivity index (χ3v) is 5.33. The number of aromatic nitrogens is 2. The van der Waals surface area contributed by atoms with Crippen LogP contribution in [-0.4, -0.2) is 21.1 Å². The molecule has 0 saturated heterocycles. The molecule has 30 heavy (non-hydrogen) atoms. The summed E-state index contributed by atoms with van der Waals surface area (Å²) in [6.45, 7) is 0.0282. The number of nitro groups is 1. The number of hydrogen-bond donors (Lipinski definition) is 1. The van der Waals surface area contributed by atoms with Crippen molar-refractivity contribution in [1.82, 2.24) is 9.97 Å². The van der Waals surface area contributed by atoms with E-state index in [2.05, 4.69) is 9.97 Å². The van der Waals surface area contributed by atoms with Crippen molar-refractivity contribution in [3.8, 4) is 23.1 Å². The Balaban J connectivity index is 1.99. The standard InChI is InChI=1S/C19H12Cl2N4O4S/c1-30-19-23-17(12(8-22)18(26)24-19)11-3-5-16(15(7-11)25(27)28)29-9-10-2-4-13(20)14(21)6-10/h2-7H,9H2,1H3,(H,23,24,26). The lowest BCUT2D eigenvalue weighted by Crippen LogP contribution is -2.14. The molecule has 0 spiro atoms. The Bertz CT molecular complexity index is 1240. The van der Waals surface area contributed by atoms with Crippen LogP contribution in [-0.2, 0) is 6.61 Å². The van der Waals surface area contributed by atoms with Gasteiger partial charge in [0.05, 0.1) is 20.7 Å². The Morgan fingerprint density at radius 2 is 2.03 bits per heavy atom. The van der Waals surface area contributed by atoms with Crippen LogP contribution in [0, 0.1) is 21.4 Å². The van der Waals surface area contributed by atoms with E-state index in [0.717, 1.165) is 0 Å². The number of nitrogens with one attached hydrogen (secondary N) is 1. The number of nitro benzene ring substituents is 1. The lowest BCUT2D eigenvalue weighted by Gasteiger charge is -2.10. The van der Waals surface area contributed by atoms with Crippen LogP contribution in [0.5, 0.6) is 5.75 Å². The van der Waals surface area contributed by atoms with Crippen molar-refractivity contribution in [3.63, 3.8) is 0 Å². The van der Waals surface area contributed by atoms with Crippen LogP contribution in [0.1, 0.15) is 11.1 Å². The molecule has 0 aliphatic carbocycles. The number of nitriles is 1. The highest BCUT2D eigenvalue weighted by molar-refractivity contribution is 7.98. The third kappa shape index (κ3) is 4.57. The van der Waals surface area contributed by atoms with Gasteiger partial charge in [0.15, 0.2) is 10.9 Å². The topological polar surface area (TPSA) is 122 Å². The van der Waals surface area contributed by atoms with Gasteiger partial charge in [0.1, 0.15) is 18.2 Å². The second-order valence-corrected chi connectivity index (χ2v) is 7.50. The lowest BCUT2D eigenvalue weighted by molar-refractivity contribution is -0.385. The summed E-state index contributed by atoms with van der Waals surface area (Å²) in [5, 5.41) is 21.9. The molecule has 0 amide bonds. The first-order valence-electron chi connectivity index (χ1n) is 8.28. The van der Waals surface area contributed by atoms with E-state index in [1.165, 1.54) is 30.0 Å². The number of benzene rings is 2. The zero-order chi connectivity index (χ0) is 21.8. The molecule has 8 nitrogen and oxygen atoms in total. The maximum atomic E-state index is 12.1. The molecule has 1 heterocycles. The number of halogens is 2. The molecule has 0 radical (unpaired) electrons. The molecule has 1 N–H and O–H groups in total. The van der Waals surface area contributed by atoms with Crippen molar-refractivity contribution in [2.45, 2.75) is 11.8 Å². The van der Waals surface area contributed by atoms with Gasteiger partial charge >= 0.3 is 5.69 Å². The molecule has 0 unspecified atom stereocenters. The fourth-order valence-corrected chi connectivity index (χ4v) is 3.28. The molecule has 0 aliphatic rings. The molecule has 0 atom stereocenters. The average molecular weight is 463 g/mol. The van der Waals surface area contributed by atoms with Gasteiger partial charge in [-0.1, -0.05) is 41.0 Å². The first-order chi connectivity index (χ1) is 14.3. The molecular formula is C19H12Cl2N4O4S. The Morgan fingerprint density at radius 1 is 1.27 bits per heavy atom.